The van der Waals surface area contributed by atoms with Crippen molar-refractivity contribution in [3.8, 4) is 22.8 Å². The molecule has 8 nitrogen and oxygen atoms in total. The van der Waals surface area contributed by atoms with Crippen molar-refractivity contribution >= 4 is 17.5 Å². The highest BCUT2D eigenvalue weighted by molar-refractivity contribution is 6.00. The number of amides is 2. The largest absolute Gasteiger partial charge is 0.490 e. The standard InChI is InChI=1S/C23H20F2N4O4/c1-28-5-4-18(27-28)14-2-3-20(17(25)6-14)32-11-13-9-29(10-13)23(31)15-7-19-21(8-16(15)24)33-12-22(30)26-19/h2-8,13H,9-12H2,1H3,(H,26,30). The second kappa shape index (κ2) is 8.19. The summed E-state index contributed by atoms with van der Waals surface area (Å²) in [6, 6.07) is 8.84. The molecule has 0 radical (unpaired) electrons. The summed E-state index contributed by atoms with van der Waals surface area (Å²) in [5.74, 6) is -1.76. The zero-order valence-electron chi connectivity index (χ0n) is 17.7. The Labute approximate surface area is 187 Å². The monoisotopic (exact) mass is 454 g/mol. The Balaban J connectivity index is 1.17. The lowest BCUT2D eigenvalue weighted by atomic mass is 9.99. The molecule has 2 amide bonds. The molecule has 0 atom stereocenters. The third-order valence-corrected chi connectivity index (χ3v) is 5.59. The molecule has 10 heteroatoms. The summed E-state index contributed by atoms with van der Waals surface area (Å²) in [7, 11) is 1.79. The van der Waals surface area contributed by atoms with Gasteiger partial charge in [-0.1, -0.05) is 0 Å². The number of ether oxygens (including phenoxy) is 2. The molecule has 0 aliphatic carbocycles. The number of hydrogen-bond acceptors (Lipinski definition) is 5. The van der Waals surface area contributed by atoms with Crippen molar-refractivity contribution < 1.29 is 27.8 Å². The molecule has 2 aliphatic rings. The topological polar surface area (TPSA) is 85.7 Å². The van der Waals surface area contributed by atoms with E-state index >= 15 is 0 Å². The molecule has 5 rings (SSSR count). The quantitative estimate of drug-likeness (QED) is 0.641. The average Bonchev–Trinajstić information content (AvgIpc) is 3.19. The highest BCUT2D eigenvalue weighted by Gasteiger charge is 2.34. The predicted molar refractivity (Wildman–Crippen MR) is 114 cm³/mol. The van der Waals surface area contributed by atoms with Gasteiger partial charge in [-0.2, -0.15) is 5.10 Å². The summed E-state index contributed by atoms with van der Waals surface area (Å²) >= 11 is 0. The first-order chi connectivity index (χ1) is 15.9. The van der Waals surface area contributed by atoms with Gasteiger partial charge in [0.1, 0.15) is 11.6 Å². The van der Waals surface area contributed by atoms with Gasteiger partial charge in [0.05, 0.1) is 23.6 Å². The summed E-state index contributed by atoms with van der Waals surface area (Å²) < 4.78 is 41.2. The molecule has 1 fully saturated rings. The molecule has 1 N–H and O–H groups in total. The molecular formula is C23H20F2N4O4. The summed E-state index contributed by atoms with van der Waals surface area (Å²) in [4.78, 5) is 25.6. The van der Waals surface area contributed by atoms with Crippen LogP contribution < -0.4 is 14.8 Å². The molecular weight excluding hydrogens is 434 g/mol. The van der Waals surface area contributed by atoms with Crippen molar-refractivity contribution in [3.63, 3.8) is 0 Å². The van der Waals surface area contributed by atoms with E-state index in [-0.39, 0.29) is 47.8 Å². The predicted octanol–water partition coefficient (Wildman–Crippen LogP) is 2.85. The maximum absolute atomic E-state index is 14.4. The Morgan fingerprint density at radius 2 is 2.03 bits per heavy atom. The van der Waals surface area contributed by atoms with Crippen LogP contribution in [0.5, 0.6) is 11.5 Å². The Kier molecular flexibility index (Phi) is 5.20. The molecule has 0 bridgehead atoms. The number of benzene rings is 2. The van der Waals surface area contributed by atoms with E-state index in [0.29, 0.717) is 24.3 Å². The number of hydrogen-bond donors (Lipinski definition) is 1. The van der Waals surface area contributed by atoms with Crippen molar-refractivity contribution in [3.05, 3.63) is 59.8 Å². The van der Waals surface area contributed by atoms with E-state index in [0.717, 1.165) is 6.07 Å². The van der Waals surface area contributed by atoms with Crippen molar-refractivity contribution in [2.75, 3.05) is 31.6 Å². The maximum Gasteiger partial charge on any atom is 0.262 e. The van der Waals surface area contributed by atoms with Gasteiger partial charge in [0.25, 0.3) is 11.8 Å². The fraction of sp³-hybridized carbons (Fsp3) is 0.261. The zero-order chi connectivity index (χ0) is 23.1. The summed E-state index contributed by atoms with van der Waals surface area (Å²) in [6.45, 7) is 0.734. The fourth-order valence-electron chi connectivity index (χ4n) is 3.83. The van der Waals surface area contributed by atoms with E-state index in [1.807, 2.05) is 0 Å². The third kappa shape index (κ3) is 4.11. The molecule has 170 valence electrons. The van der Waals surface area contributed by atoms with E-state index in [9.17, 15) is 18.4 Å². The number of anilines is 1. The van der Waals surface area contributed by atoms with Crippen LogP contribution in [0.3, 0.4) is 0 Å². The van der Waals surface area contributed by atoms with Crippen LogP contribution in [0.25, 0.3) is 11.3 Å². The van der Waals surface area contributed by atoms with E-state index < -0.39 is 17.5 Å². The lowest BCUT2D eigenvalue weighted by molar-refractivity contribution is -0.118. The summed E-state index contributed by atoms with van der Waals surface area (Å²) in [5, 5.41) is 6.81. The minimum absolute atomic E-state index is 0.00691. The van der Waals surface area contributed by atoms with Gasteiger partial charge in [0.15, 0.2) is 18.2 Å². The van der Waals surface area contributed by atoms with Gasteiger partial charge in [0.2, 0.25) is 0 Å². The van der Waals surface area contributed by atoms with E-state index in [2.05, 4.69) is 10.4 Å². The van der Waals surface area contributed by atoms with E-state index in [1.165, 1.54) is 17.0 Å². The Morgan fingerprint density at radius 3 is 2.76 bits per heavy atom. The van der Waals surface area contributed by atoms with E-state index in [1.54, 1.807) is 36.1 Å². The van der Waals surface area contributed by atoms with Crippen molar-refractivity contribution in [2.24, 2.45) is 13.0 Å². The second-order valence-electron chi connectivity index (χ2n) is 8.07. The fourth-order valence-corrected chi connectivity index (χ4v) is 3.83. The molecule has 3 aromatic rings. The number of fused-ring (bicyclic) bond motifs is 1. The van der Waals surface area contributed by atoms with Gasteiger partial charge in [-0.15, -0.1) is 0 Å². The lowest BCUT2D eigenvalue weighted by Crippen LogP contribution is -2.52. The highest BCUT2D eigenvalue weighted by Crippen LogP contribution is 2.32. The molecule has 2 aromatic carbocycles. The Hall–Kier alpha value is -3.95. The highest BCUT2D eigenvalue weighted by atomic mass is 19.1. The maximum atomic E-state index is 14.4. The molecule has 1 aromatic heterocycles. The van der Waals surface area contributed by atoms with Crippen LogP contribution >= 0.6 is 0 Å². The molecule has 0 spiro atoms. The third-order valence-electron chi connectivity index (χ3n) is 5.59. The number of carbonyl (C=O) groups is 2. The Bertz CT molecular complexity index is 1250. The van der Waals surface area contributed by atoms with Crippen LogP contribution in [-0.2, 0) is 11.8 Å². The number of halogens is 2. The van der Waals surface area contributed by atoms with Crippen molar-refractivity contribution in [2.45, 2.75) is 0 Å². The smallest absolute Gasteiger partial charge is 0.262 e. The van der Waals surface area contributed by atoms with Gasteiger partial charge in [-0.3, -0.25) is 14.3 Å². The second-order valence-corrected chi connectivity index (χ2v) is 8.07. The molecule has 0 unspecified atom stereocenters. The van der Waals surface area contributed by atoms with E-state index in [4.69, 9.17) is 9.47 Å². The van der Waals surface area contributed by atoms with Gasteiger partial charge >= 0.3 is 0 Å². The first kappa shape index (κ1) is 20.9. The number of rotatable bonds is 5. The van der Waals surface area contributed by atoms with Crippen LogP contribution in [-0.4, -0.2) is 52.8 Å². The number of aromatic nitrogens is 2. The molecule has 3 heterocycles. The number of carbonyl (C=O) groups excluding carboxylic acids is 2. The van der Waals surface area contributed by atoms with Crippen molar-refractivity contribution in [1.82, 2.24) is 14.7 Å². The van der Waals surface area contributed by atoms with Gasteiger partial charge < -0.3 is 19.7 Å². The van der Waals surface area contributed by atoms with Crippen LogP contribution in [0.2, 0.25) is 0 Å². The molecule has 1 saturated heterocycles. The van der Waals surface area contributed by atoms with Crippen LogP contribution in [0.1, 0.15) is 10.4 Å². The number of aryl methyl sites for hydroxylation is 1. The Morgan fingerprint density at radius 1 is 1.21 bits per heavy atom. The number of likely N-dealkylation sites (tertiary alicyclic amines) is 1. The first-order valence-electron chi connectivity index (χ1n) is 10.3. The van der Waals surface area contributed by atoms with Crippen LogP contribution in [0.15, 0.2) is 42.6 Å². The molecule has 0 saturated carbocycles. The molecule has 33 heavy (non-hydrogen) atoms. The van der Waals surface area contributed by atoms with Crippen LogP contribution in [0, 0.1) is 17.6 Å². The van der Waals surface area contributed by atoms with Gasteiger partial charge in [0, 0.05) is 43.9 Å². The summed E-state index contributed by atoms with van der Waals surface area (Å²) in [6.07, 6.45) is 1.78. The van der Waals surface area contributed by atoms with Crippen molar-refractivity contribution in [1.29, 1.82) is 0 Å². The SMILES string of the molecule is Cn1ccc(-c2ccc(OCC3CN(C(=O)c4cc5c(cc4F)OCC(=O)N5)C3)c(F)c2)n1. The number of nitrogens with one attached hydrogen (secondary N) is 1. The van der Waals surface area contributed by atoms with Crippen LogP contribution in [0.4, 0.5) is 14.5 Å². The normalized spacial score (nSPS) is 15.4. The first-order valence-corrected chi connectivity index (χ1v) is 10.3. The minimum Gasteiger partial charge on any atom is -0.490 e. The summed E-state index contributed by atoms with van der Waals surface area (Å²) in [5.41, 5.74) is 1.43. The average molecular weight is 454 g/mol. The molecule has 2 aliphatic heterocycles. The van der Waals surface area contributed by atoms with Gasteiger partial charge in [-0.25, -0.2) is 8.78 Å². The number of nitrogens with zero attached hydrogens (tertiary/aromatic N) is 3. The lowest BCUT2D eigenvalue weighted by Gasteiger charge is -2.39. The minimum atomic E-state index is -0.718. The zero-order valence-corrected chi connectivity index (χ0v) is 17.7. The van der Waals surface area contributed by atoms with Gasteiger partial charge in [-0.05, 0) is 30.3 Å².